The average Bonchev–Trinajstić information content (AvgIpc) is 3.88. The zero-order chi connectivity index (χ0) is 43.4. The van der Waals surface area contributed by atoms with E-state index < -0.39 is 48.3 Å². The predicted octanol–water partition coefficient (Wildman–Crippen LogP) is 13.4. The number of nitrogens with zero attached hydrogens (tertiary/aromatic N) is 3. The van der Waals surface area contributed by atoms with Gasteiger partial charge in [0.05, 0.1) is 33.1 Å². The first-order valence-electron chi connectivity index (χ1n) is 21.7. The van der Waals surface area contributed by atoms with Crippen molar-refractivity contribution in [3.05, 3.63) is 188 Å². The van der Waals surface area contributed by atoms with Crippen LogP contribution in [-0.2, 0) is 0 Å². The van der Waals surface area contributed by atoms with Gasteiger partial charge in [0.25, 0.3) is 0 Å². The van der Waals surface area contributed by atoms with Gasteiger partial charge in [0.2, 0.25) is 11.7 Å². The molecular formula is C50H30FN3O. The van der Waals surface area contributed by atoms with E-state index >= 15 is 0 Å². The highest BCUT2D eigenvalue weighted by atomic mass is 19.1. The Kier molecular flexibility index (Phi) is 5.40. The van der Waals surface area contributed by atoms with Crippen molar-refractivity contribution in [2.45, 2.75) is 0 Å². The van der Waals surface area contributed by atoms with Crippen molar-refractivity contribution in [1.29, 1.82) is 0 Å². The van der Waals surface area contributed by atoms with Crippen LogP contribution < -0.4 is 0 Å². The number of hydrogen-bond donors (Lipinski definition) is 0. The van der Waals surface area contributed by atoms with Gasteiger partial charge in [0.15, 0.2) is 0 Å². The van der Waals surface area contributed by atoms with Gasteiger partial charge in [0.1, 0.15) is 11.4 Å². The van der Waals surface area contributed by atoms with Crippen molar-refractivity contribution in [3.63, 3.8) is 0 Å². The van der Waals surface area contributed by atoms with Crippen LogP contribution in [0, 0.1) is 5.82 Å². The Morgan fingerprint density at radius 3 is 1.67 bits per heavy atom. The molecule has 0 unspecified atom stereocenters. The minimum absolute atomic E-state index is 0.0676. The summed E-state index contributed by atoms with van der Waals surface area (Å²) in [5.74, 6) is -0.379. The van der Waals surface area contributed by atoms with Crippen LogP contribution in [-0.4, -0.2) is 14.5 Å². The third kappa shape index (κ3) is 5.05. The summed E-state index contributed by atoms with van der Waals surface area (Å²) in [6.07, 6.45) is 0. The van der Waals surface area contributed by atoms with Gasteiger partial charge in [-0.3, -0.25) is 4.57 Å². The highest BCUT2D eigenvalue weighted by Gasteiger charge is 2.21. The molecule has 4 nitrogen and oxygen atoms in total. The van der Waals surface area contributed by atoms with Crippen molar-refractivity contribution >= 4 is 54.6 Å². The third-order valence-corrected chi connectivity index (χ3v) is 10.2. The first-order valence-corrected chi connectivity index (χ1v) is 17.7. The molecule has 0 atom stereocenters. The molecule has 5 heteroatoms. The molecule has 0 aliphatic rings. The molecule has 11 rings (SSSR count). The van der Waals surface area contributed by atoms with Gasteiger partial charge < -0.3 is 4.42 Å². The van der Waals surface area contributed by atoms with Crippen molar-refractivity contribution in [2.75, 3.05) is 0 Å². The van der Waals surface area contributed by atoms with Crippen LogP contribution in [0.25, 0.3) is 105 Å². The Hall–Kier alpha value is -7.37. The monoisotopic (exact) mass is 715 g/mol. The number of halogens is 1. The zero-order valence-corrected chi connectivity index (χ0v) is 28.8. The third-order valence-electron chi connectivity index (χ3n) is 10.2. The molecule has 0 radical (unpaired) electrons. The van der Waals surface area contributed by atoms with Crippen LogP contribution in [0.3, 0.4) is 0 Å². The topological polar surface area (TPSA) is 43.9 Å². The molecular weight excluding hydrogens is 678 g/mol. The van der Waals surface area contributed by atoms with Crippen molar-refractivity contribution in [2.24, 2.45) is 0 Å². The second-order valence-electron chi connectivity index (χ2n) is 13.3. The van der Waals surface area contributed by atoms with E-state index in [1.54, 1.807) is 12.1 Å². The first kappa shape index (κ1) is 24.0. The second kappa shape index (κ2) is 12.4. The van der Waals surface area contributed by atoms with Gasteiger partial charge >= 0.3 is 0 Å². The fraction of sp³-hybridized carbons (Fsp3) is 0. The predicted molar refractivity (Wildman–Crippen MR) is 223 cm³/mol. The summed E-state index contributed by atoms with van der Waals surface area (Å²) in [7, 11) is 0. The molecule has 0 spiro atoms. The maximum atomic E-state index is 13.9. The zero-order valence-electron chi connectivity index (χ0n) is 36.8. The quantitative estimate of drug-likeness (QED) is 0.178. The fourth-order valence-electron chi connectivity index (χ4n) is 7.66. The lowest BCUT2D eigenvalue weighted by Gasteiger charge is -2.13. The summed E-state index contributed by atoms with van der Waals surface area (Å²) in [6.45, 7) is 0. The van der Waals surface area contributed by atoms with Crippen LogP contribution in [0.2, 0.25) is 0 Å². The molecule has 258 valence electrons. The summed E-state index contributed by atoms with van der Waals surface area (Å²) in [4.78, 5) is 9.85. The lowest BCUT2D eigenvalue weighted by Crippen LogP contribution is -2.02. The summed E-state index contributed by atoms with van der Waals surface area (Å²) < 4.78 is 91.1. The number of furan rings is 1. The summed E-state index contributed by atoms with van der Waals surface area (Å²) in [5.41, 5.74) is 7.63. The average molecular weight is 716 g/mol. The first-order chi connectivity index (χ1) is 30.5. The molecule has 0 amide bonds. The summed E-state index contributed by atoms with van der Waals surface area (Å²) in [5, 5.41) is 3.37. The highest BCUT2D eigenvalue weighted by molar-refractivity contribution is 6.12. The molecule has 0 fully saturated rings. The molecule has 0 saturated heterocycles. The Bertz CT molecular complexity index is 3640. The largest absolute Gasteiger partial charge is 0.437 e. The van der Waals surface area contributed by atoms with E-state index in [-0.39, 0.29) is 39.3 Å². The molecule has 8 aromatic carbocycles. The SMILES string of the molecule is [2H]c1c([2H])c([2H])c2c(c1[2H])c1c([2H])c([2H])c([2H])c([2H])c1n2-c1nc(-c2ccc(-c3ccc(-c4cccc5cccc(-c6ccc(F)cc6)c45)cc3)cc2)c2c(n1)oc1ccccc12. The number of hydrogen-bond acceptors (Lipinski definition) is 3. The fourth-order valence-corrected chi connectivity index (χ4v) is 7.66. The summed E-state index contributed by atoms with van der Waals surface area (Å²) >= 11 is 0. The Labute approximate surface area is 326 Å². The standard InChI is InChI=1S/C50H30FN3O/c51-37-29-27-34(28-30-37)39-15-8-10-35-9-7-14-38(46(35)39)33-23-19-31(20-24-33)32-21-25-36(26-22-32)48-47-42-13-3-6-18-45(42)55-49(47)53-50(52-48)54-43-16-4-1-11-40(43)41-12-2-5-17-44(41)54/h1-30H/i1D,2D,4D,5D,11D,12D,16D,17D. The van der Waals surface area contributed by atoms with E-state index in [0.717, 1.165) is 49.5 Å². The molecule has 0 N–H and O–H groups in total. The van der Waals surface area contributed by atoms with Crippen molar-refractivity contribution < 1.29 is 19.8 Å². The van der Waals surface area contributed by atoms with Crippen LogP contribution in [0.15, 0.2) is 186 Å². The van der Waals surface area contributed by atoms with E-state index in [2.05, 4.69) is 48.5 Å². The van der Waals surface area contributed by atoms with Crippen LogP contribution in [0.1, 0.15) is 11.0 Å². The molecule has 3 heterocycles. The number of para-hydroxylation sites is 3. The van der Waals surface area contributed by atoms with E-state index in [1.807, 2.05) is 60.7 Å². The number of rotatable bonds is 5. The molecule has 55 heavy (non-hydrogen) atoms. The highest BCUT2D eigenvalue weighted by Crippen LogP contribution is 2.40. The number of benzene rings is 8. The minimum atomic E-state index is -0.535. The maximum Gasteiger partial charge on any atom is 0.238 e. The van der Waals surface area contributed by atoms with Gasteiger partial charge in [-0.15, -0.1) is 0 Å². The molecule has 3 aromatic heterocycles. The molecule has 11 aromatic rings. The lowest BCUT2D eigenvalue weighted by atomic mass is 9.91. The smallest absolute Gasteiger partial charge is 0.238 e. The van der Waals surface area contributed by atoms with Gasteiger partial charge in [-0.05, 0) is 74.4 Å². The Morgan fingerprint density at radius 2 is 1.04 bits per heavy atom. The Morgan fingerprint density at radius 1 is 0.491 bits per heavy atom. The van der Waals surface area contributed by atoms with Gasteiger partial charge in [0, 0.05) is 21.7 Å². The van der Waals surface area contributed by atoms with E-state index in [0.29, 0.717) is 22.2 Å². The lowest BCUT2D eigenvalue weighted by molar-refractivity contribution is 0.628. The van der Waals surface area contributed by atoms with Crippen molar-refractivity contribution in [1.82, 2.24) is 14.5 Å². The van der Waals surface area contributed by atoms with E-state index in [4.69, 9.17) is 25.4 Å². The normalized spacial score (nSPS) is 13.8. The van der Waals surface area contributed by atoms with Gasteiger partial charge in [-0.1, -0.05) is 152 Å². The van der Waals surface area contributed by atoms with Crippen LogP contribution in [0.5, 0.6) is 0 Å². The van der Waals surface area contributed by atoms with Crippen molar-refractivity contribution in [3.8, 4) is 50.6 Å². The molecule has 0 aliphatic carbocycles. The second-order valence-corrected chi connectivity index (χ2v) is 13.3. The molecule has 0 saturated carbocycles. The number of fused-ring (bicyclic) bond motifs is 7. The van der Waals surface area contributed by atoms with Gasteiger partial charge in [-0.2, -0.15) is 4.98 Å². The van der Waals surface area contributed by atoms with Crippen LogP contribution in [0.4, 0.5) is 4.39 Å². The summed E-state index contributed by atoms with van der Waals surface area (Å²) in [6, 6.07) is 38.6. The maximum absolute atomic E-state index is 13.9. The van der Waals surface area contributed by atoms with E-state index in [9.17, 15) is 4.39 Å². The number of aromatic nitrogens is 3. The molecule has 0 bridgehead atoms. The van der Waals surface area contributed by atoms with E-state index in [1.165, 1.54) is 16.7 Å². The Balaban J connectivity index is 1.06. The van der Waals surface area contributed by atoms with Crippen LogP contribution >= 0.6 is 0 Å². The minimum Gasteiger partial charge on any atom is -0.437 e. The van der Waals surface area contributed by atoms with Gasteiger partial charge in [-0.25, -0.2) is 9.37 Å². The molecule has 0 aliphatic heterocycles.